The number of aliphatic hydroxyl groups excluding tert-OH is 1. The van der Waals surface area contributed by atoms with Gasteiger partial charge >= 0.3 is 5.69 Å². The zero-order chi connectivity index (χ0) is 23.2. The van der Waals surface area contributed by atoms with Crippen molar-refractivity contribution in [1.82, 2.24) is 14.5 Å². The molecule has 1 aromatic heterocycles. The third-order valence-corrected chi connectivity index (χ3v) is 7.00. The zero-order valence-electron chi connectivity index (χ0n) is 19.4. The van der Waals surface area contributed by atoms with Crippen LogP contribution in [-0.2, 0) is 6.42 Å². The molecule has 2 aromatic carbocycles. The summed E-state index contributed by atoms with van der Waals surface area (Å²) >= 11 is 3.55. The van der Waals surface area contributed by atoms with Crippen molar-refractivity contribution in [2.75, 3.05) is 26.2 Å². The second kappa shape index (κ2) is 9.93. The number of H-pyrrole nitrogens is 1. The Labute approximate surface area is 213 Å². The van der Waals surface area contributed by atoms with E-state index in [1.807, 2.05) is 34.9 Å². The summed E-state index contributed by atoms with van der Waals surface area (Å²) in [4.78, 5) is 17.7. The van der Waals surface area contributed by atoms with Crippen LogP contribution in [0.2, 0.25) is 0 Å². The first kappa shape index (κ1) is 25.1. The lowest BCUT2D eigenvalue weighted by molar-refractivity contribution is 0.0536. The topological polar surface area (TPSA) is 79.7 Å². The average Bonchev–Trinajstić information content (AvgIpc) is 3.26. The van der Waals surface area contributed by atoms with Crippen LogP contribution in [0.25, 0.3) is 11.0 Å². The van der Waals surface area contributed by atoms with E-state index in [-0.39, 0.29) is 36.3 Å². The smallest absolute Gasteiger partial charge is 0.326 e. The van der Waals surface area contributed by atoms with Crippen molar-refractivity contribution >= 4 is 39.4 Å². The Morgan fingerprint density at radius 2 is 2.00 bits per heavy atom. The number of hydrogen-bond acceptors (Lipinski definition) is 5. The van der Waals surface area contributed by atoms with E-state index in [4.69, 9.17) is 9.47 Å². The number of β-amino-alcohol motifs (C(OH)–C–C–N with tert-alkyl or cyclic N) is 1. The second-order valence-corrected chi connectivity index (χ2v) is 10.7. The number of para-hydroxylation sites is 2. The second-order valence-electron chi connectivity index (χ2n) is 9.74. The van der Waals surface area contributed by atoms with Gasteiger partial charge in [0.05, 0.1) is 11.0 Å². The van der Waals surface area contributed by atoms with E-state index in [9.17, 15) is 9.90 Å². The van der Waals surface area contributed by atoms with E-state index in [1.165, 1.54) is 0 Å². The Morgan fingerprint density at radius 3 is 2.76 bits per heavy atom. The normalized spacial score (nSPS) is 18.8. The third kappa shape index (κ3) is 5.15. The van der Waals surface area contributed by atoms with Crippen molar-refractivity contribution in [3.8, 4) is 11.5 Å². The average molecular weight is 553 g/mol. The van der Waals surface area contributed by atoms with Gasteiger partial charge in [0.25, 0.3) is 0 Å². The third-order valence-electron chi connectivity index (χ3n) is 6.54. The van der Waals surface area contributed by atoms with Crippen LogP contribution in [0.5, 0.6) is 11.5 Å². The van der Waals surface area contributed by atoms with Gasteiger partial charge in [-0.05, 0) is 51.0 Å². The van der Waals surface area contributed by atoms with Gasteiger partial charge in [0.2, 0.25) is 0 Å². The lowest BCUT2D eigenvalue weighted by Crippen LogP contribution is -2.42. The number of fused-ring (bicyclic) bond motifs is 2. The summed E-state index contributed by atoms with van der Waals surface area (Å²) in [5.41, 5.74) is 2.66. The number of hydrogen-bond donors (Lipinski definition) is 2. The van der Waals surface area contributed by atoms with Crippen molar-refractivity contribution in [2.24, 2.45) is 0 Å². The summed E-state index contributed by atoms with van der Waals surface area (Å²) in [5, 5.41) is 10.6. The van der Waals surface area contributed by atoms with E-state index >= 15 is 0 Å². The predicted molar refractivity (Wildman–Crippen MR) is 139 cm³/mol. The quantitative estimate of drug-likeness (QED) is 0.477. The number of likely N-dealkylation sites (tertiary alicyclic amines) is 1. The minimum absolute atomic E-state index is 0. The fraction of sp³-hybridized carbons (Fsp3) is 0.480. The van der Waals surface area contributed by atoms with Gasteiger partial charge in [-0.3, -0.25) is 4.57 Å². The molecular weight excluding hydrogens is 522 g/mol. The van der Waals surface area contributed by atoms with Crippen molar-refractivity contribution in [3.05, 3.63) is 56.9 Å². The van der Waals surface area contributed by atoms with E-state index in [2.05, 4.69) is 45.7 Å². The maximum absolute atomic E-state index is 12.5. The highest BCUT2D eigenvalue weighted by Gasteiger charge is 2.33. The Balaban J connectivity index is 0.00000274. The number of rotatable bonds is 6. The molecule has 2 N–H and O–H groups in total. The molecule has 5 rings (SSSR count). The van der Waals surface area contributed by atoms with E-state index in [0.29, 0.717) is 12.3 Å². The Hall–Kier alpha value is -2.00. The molecule has 184 valence electrons. The first-order valence-electron chi connectivity index (χ1n) is 11.5. The molecule has 9 heteroatoms. The van der Waals surface area contributed by atoms with Crippen LogP contribution in [0, 0.1) is 0 Å². The Kier molecular flexibility index (Phi) is 7.33. The SMILES string of the molecule is CC1(C)Cc2cc(Br)cc(OCC(O)CN3CCC(n4c(=O)[nH]c5ccccc54)CC3)c2O1.Cl. The molecule has 0 radical (unpaired) electrons. The van der Waals surface area contributed by atoms with Crippen LogP contribution >= 0.6 is 28.3 Å². The minimum atomic E-state index is -0.610. The number of aromatic nitrogens is 2. The van der Waals surface area contributed by atoms with Gasteiger partial charge in [-0.15, -0.1) is 12.4 Å². The van der Waals surface area contributed by atoms with Crippen molar-refractivity contribution in [3.63, 3.8) is 0 Å². The van der Waals surface area contributed by atoms with Gasteiger partial charge in [-0.1, -0.05) is 28.1 Å². The first-order chi connectivity index (χ1) is 15.8. The molecule has 0 aliphatic carbocycles. The Morgan fingerprint density at radius 1 is 1.26 bits per heavy atom. The predicted octanol–water partition coefficient (Wildman–Crippen LogP) is 4.30. The monoisotopic (exact) mass is 551 g/mol. The molecule has 3 heterocycles. The van der Waals surface area contributed by atoms with Crippen molar-refractivity contribution in [1.29, 1.82) is 0 Å². The molecule has 1 unspecified atom stereocenters. The van der Waals surface area contributed by atoms with Crippen molar-refractivity contribution < 1.29 is 14.6 Å². The molecule has 2 aliphatic heterocycles. The molecule has 1 saturated heterocycles. The highest BCUT2D eigenvalue weighted by atomic mass is 79.9. The van der Waals surface area contributed by atoms with Gasteiger partial charge < -0.3 is 24.5 Å². The minimum Gasteiger partial charge on any atom is -0.487 e. The number of aromatic amines is 1. The van der Waals surface area contributed by atoms with E-state index in [0.717, 1.165) is 59.2 Å². The largest absolute Gasteiger partial charge is 0.487 e. The van der Waals surface area contributed by atoms with Crippen LogP contribution in [-0.4, -0.2) is 57.5 Å². The standard InChI is InChI=1S/C25H30BrN3O4.ClH/c1-25(2)13-16-11-17(26)12-22(23(16)33-25)32-15-19(30)14-28-9-7-18(8-10-28)29-21-6-4-3-5-20(21)27-24(29)31;/h3-6,11-12,18-19,30H,7-10,13-15H2,1-2H3,(H,27,31);1H. The van der Waals surface area contributed by atoms with E-state index < -0.39 is 6.10 Å². The molecule has 7 nitrogen and oxygen atoms in total. The molecule has 0 saturated carbocycles. The van der Waals surface area contributed by atoms with Crippen LogP contribution in [0.4, 0.5) is 0 Å². The van der Waals surface area contributed by atoms with Crippen LogP contribution in [0.3, 0.4) is 0 Å². The molecule has 0 amide bonds. The molecule has 1 fully saturated rings. The number of aliphatic hydroxyl groups is 1. The van der Waals surface area contributed by atoms with Gasteiger partial charge in [0, 0.05) is 42.1 Å². The van der Waals surface area contributed by atoms with Gasteiger partial charge in [-0.25, -0.2) is 4.79 Å². The summed E-state index contributed by atoms with van der Waals surface area (Å²) in [6.45, 7) is 6.53. The molecule has 0 spiro atoms. The van der Waals surface area contributed by atoms with Gasteiger partial charge in [-0.2, -0.15) is 0 Å². The van der Waals surface area contributed by atoms with Crippen LogP contribution < -0.4 is 15.2 Å². The Bertz CT molecular complexity index is 1220. The fourth-order valence-corrected chi connectivity index (χ4v) is 5.57. The summed E-state index contributed by atoms with van der Waals surface area (Å²) in [6, 6.07) is 12.0. The molecule has 2 aliphatic rings. The van der Waals surface area contributed by atoms with Gasteiger partial charge in [0.1, 0.15) is 18.3 Å². The molecule has 0 bridgehead atoms. The zero-order valence-corrected chi connectivity index (χ0v) is 21.8. The highest BCUT2D eigenvalue weighted by molar-refractivity contribution is 9.10. The van der Waals surface area contributed by atoms with E-state index in [1.54, 1.807) is 0 Å². The number of nitrogens with one attached hydrogen (secondary N) is 1. The maximum Gasteiger partial charge on any atom is 0.326 e. The van der Waals surface area contributed by atoms with Gasteiger partial charge in [0.15, 0.2) is 11.5 Å². The first-order valence-corrected chi connectivity index (χ1v) is 12.3. The number of halogens is 2. The van der Waals surface area contributed by atoms with Crippen molar-refractivity contribution in [2.45, 2.75) is 50.9 Å². The summed E-state index contributed by atoms with van der Waals surface area (Å²) < 4.78 is 14.9. The number of nitrogens with zero attached hydrogens (tertiary/aromatic N) is 2. The summed E-state index contributed by atoms with van der Waals surface area (Å²) in [6.07, 6.45) is 1.96. The number of imidazole rings is 1. The lowest BCUT2D eigenvalue weighted by Gasteiger charge is -2.33. The number of piperidine rings is 1. The highest BCUT2D eigenvalue weighted by Crippen LogP contribution is 2.43. The molecule has 34 heavy (non-hydrogen) atoms. The van der Waals surface area contributed by atoms with Crippen LogP contribution in [0.15, 0.2) is 45.7 Å². The summed E-state index contributed by atoms with van der Waals surface area (Å²) in [5.74, 6) is 1.45. The number of benzene rings is 2. The number of ether oxygens (including phenoxy) is 2. The summed E-state index contributed by atoms with van der Waals surface area (Å²) in [7, 11) is 0. The molecule has 1 atom stereocenters. The molecular formula is C25H31BrClN3O4. The van der Waals surface area contributed by atoms with Crippen LogP contribution in [0.1, 0.15) is 38.3 Å². The maximum atomic E-state index is 12.5. The fourth-order valence-electron chi connectivity index (χ4n) is 5.08. The lowest BCUT2D eigenvalue weighted by atomic mass is 10.0. The molecule has 3 aromatic rings.